The number of nitrogens with zero attached hydrogens (tertiary/aromatic N) is 4. The van der Waals surface area contributed by atoms with E-state index in [1.54, 1.807) is 0 Å². The monoisotopic (exact) mass is 352 g/mol. The van der Waals surface area contributed by atoms with Gasteiger partial charge in [0, 0.05) is 44.7 Å². The third kappa shape index (κ3) is 3.55. The van der Waals surface area contributed by atoms with E-state index in [0.29, 0.717) is 18.8 Å². The second-order valence-corrected chi connectivity index (χ2v) is 6.77. The molecule has 1 fully saturated rings. The van der Waals surface area contributed by atoms with Gasteiger partial charge in [-0.25, -0.2) is 9.37 Å². The Hall–Kier alpha value is -2.49. The smallest absolute Gasteiger partial charge is 0.146 e. The first-order valence-electron chi connectivity index (χ1n) is 8.95. The molecule has 0 unspecified atom stereocenters. The number of benzene rings is 1. The van der Waals surface area contributed by atoms with E-state index in [9.17, 15) is 9.65 Å². The first-order valence-corrected chi connectivity index (χ1v) is 8.95. The SMILES string of the molecule is N#Cc1cc2c(nc1N1CCN(Cc3ccc(F)cc3)CC1)CCOC2. The van der Waals surface area contributed by atoms with Crippen molar-refractivity contribution < 1.29 is 9.13 Å². The molecule has 3 heterocycles. The number of nitriles is 1. The summed E-state index contributed by atoms with van der Waals surface area (Å²) in [7, 11) is 0. The van der Waals surface area contributed by atoms with E-state index < -0.39 is 0 Å². The Labute approximate surface area is 152 Å². The zero-order chi connectivity index (χ0) is 17.9. The number of anilines is 1. The van der Waals surface area contributed by atoms with Crippen molar-refractivity contribution in [3.8, 4) is 6.07 Å². The van der Waals surface area contributed by atoms with E-state index in [2.05, 4.69) is 15.9 Å². The maximum Gasteiger partial charge on any atom is 0.146 e. The van der Waals surface area contributed by atoms with Crippen molar-refractivity contribution in [3.05, 3.63) is 58.5 Å². The minimum Gasteiger partial charge on any atom is -0.376 e. The molecule has 2 aliphatic rings. The zero-order valence-electron chi connectivity index (χ0n) is 14.6. The first-order chi connectivity index (χ1) is 12.7. The molecule has 0 saturated carbocycles. The van der Waals surface area contributed by atoms with Crippen molar-refractivity contribution >= 4 is 5.82 Å². The van der Waals surface area contributed by atoms with Gasteiger partial charge in [-0.05, 0) is 23.8 Å². The zero-order valence-corrected chi connectivity index (χ0v) is 14.6. The van der Waals surface area contributed by atoms with Gasteiger partial charge >= 0.3 is 0 Å². The minimum atomic E-state index is -0.202. The normalized spacial score (nSPS) is 17.6. The van der Waals surface area contributed by atoms with Crippen LogP contribution in [0.2, 0.25) is 0 Å². The Morgan fingerprint density at radius 1 is 1.15 bits per heavy atom. The lowest BCUT2D eigenvalue weighted by molar-refractivity contribution is 0.109. The third-order valence-corrected chi connectivity index (χ3v) is 5.02. The number of fused-ring (bicyclic) bond motifs is 1. The lowest BCUT2D eigenvalue weighted by Crippen LogP contribution is -2.46. The average Bonchev–Trinajstić information content (AvgIpc) is 2.69. The summed E-state index contributed by atoms with van der Waals surface area (Å²) in [6.07, 6.45) is 0.804. The van der Waals surface area contributed by atoms with E-state index in [4.69, 9.17) is 9.72 Å². The largest absolute Gasteiger partial charge is 0.376 e. The molecule has 0 spiro atoms. The van der Waals surface area contributed by atoms with Crippen molar-refractivity contribution in [2.45, 2.75) is 19.6 Å². The highest BCUT2D eigenvalue weighted by atomic mass is 19.1. The molecule has 0 N–H and O–H groups in total. The Balaban J connectivity index is 1.44. The average molecular weight is 352 g/mol. The molecule has 4 rings (SSSR count). The van der Waals surface area contributed by atoms with Gasteiger partial charge in [-0.15, -0.1) is 0 Å². The van der Waals surface area contributed by atoms with Crippen molar-refractivity contribution in [3.63, 3.8) is 0 Å². The molecule has 26 heavy (non-hydrogen) atoms. The summed E-state index contributed by atoms with van der Waals surface area (Å²) in [5.41, 5.74) is 3.83. The molecule has 134 valence electrons. The maximum absolute atomic E-state index is 13.0. The Kier molecular flexibility index (Phi) is 4.83. The number of hydrogen-bond acceptors (Lipinski definition) is 5. The van der Waals surface area contributed by atoms with Gasteiger partial charge in [-0.2, -0.15) is 5.26 Å². The molecule has 0 aliphatic carbocycles. The fourth-order valence-corrected chi connectivity index (χ4v) is 3.56. The summed E-state index contributed by atoms with van der Waals surface area (Å²) < 4.78 is 18.5. The molecule has 1 aromatic heterocycles. The van der Waals surface area contributed by atoms with Crippen molar-refractivity contribution in [2.24, 2.45) is 0 Å². The van der Waals surface area contributed by atoms with E-state index in [0.717, 1.165) is 61.8 Å². The van der Waals surface area contributed by atoms with Gasteiger partial charge in [0.25, 0.3) is 0 Å². The van der Waals surface area contributed by atoms with Crippen molar-refractivity contribution in [1.29, 1.82) is 5.26 Å². The predicted octanol–water partition coefficient (Wildman–Crippen LogP) is 2.49. The predicted molar refractivity (Wildman–Crippen MR) is 96.2 cm³/mol. The standard InChI is InChI=1S/C20H21FN4O/c21-18-3-1-15(2-4-18)13-24-6-8-25(9-7-24)20-16(12-22)11-17-14-26-10-5-19(17)23-20/h1-4,11H,5-10,13-14H2. The van der Waals surface area contributed by atoms with Crippen LogP contribution in [0.15, 0.2) is 30.3 Å². The number of pyridine rings is 1. The van der Waals surface area contributed by atoms with Crippen molar-refractivity contribution in [2.75, 3.05) is 37.7 Å². The molecule has 0 bridgehead atoms. The topological polar surface area (TPSA) is 52.4 Å². The lowest BCUT2D eigenvalue weighted by atomic mass is 10.1. The van der Waals surface area contributed by atoms with Gasteiger partial charge < -0.3 is 9.64 Å². The molecule has 2 aliphatic heterocycles. The van der Waals surface area contributed by atoms with Gasteiger partial charge in [0.2, 0.25) is 0 Å². The molecular formula is C20H21FN4O. The highest BCUT2D eigenvalue weighted by molar-refractivity contribution is 5.56. The fraction of sp³-hybridized carbons (Fsp3) is 0.400. The van der Waals surface area contributed by atoms with Gasteiger partial charge in [0.1, 0.15) is 17.7 Å². The lowest BCUT2D eigenvalue weighted by Gasteiger charge is -2.36. The quantitative estimate of drug-likeness (QED) is 0.849. The maximum atomic E-state index is 13.0. The molecule has 1 saturated heterocycles. The molecule has 0 amide bonds. The van der Waals surface area contributed by atoms with Crippen LogP contribution in [0.25, 0.3) is 0 Å². The van der Waals surface area contributed by atoms with Crippen LogP contribution < -0.4 is 4.90 Å². The Bertz CT molecular complexity index is 823. The number of halogens is 1. The summed E-state index contributed by atoms with van der Waals surface area (Å²) in [6, 6.07) is 10.9. The van der Waals surface area contributed by atoms with Crippen LogP contribution in [0.4, 0.5) is 10.2 Å². The number of hydrogen-bond donors (Lipinski definition) is 0. The van der Waals surface area contributed by atoms with Crippen LogP contribution in [0.1, 0.15) is 22.4 Å². The van der Waals surface area contributed by atoms with Crippen LogP contribution in [-0.4, -0.2) is 42.7 Å². The number of piperazine rings is 1. The van der Waals surface area contributed by atoms with E-state index in [1.165, 1.54) is 12.1 Å². The van der Waals surface area contributed by atoms with Crippen LogP contribution in [-0.2, 0) is 24.3 Å². The summed E-state index contributed by atoms with van der Waals surface area (Å²) in [4.78, 5) is 9.34. The fourth-order valence-electron chi connectivity index (χ4n) is 3.56. The molecule has 1 aromatic carbocycles. The van der Waals surface area contributed by atoms with Crippen LogP contribution in [0, 0.1) is 17.1 Å². The van der Waals surface area contributed by atoms with E-state index in [1.807, 2.05) is 18.2 Å². The van der Waals surface area contributed by atoms with Crippen LogP contribution in [0.3, 0.4) is 0 Å². The first kappa shape index (κ1) is 17.0. The summed E-state index contributed by atoms with van der Waals surface area (Å²) >= 11 is 0. The second kappa shape index (κ2) is 7.40. The molecule has 6 heteroatoms. The molecule has 0 radical (unpaired) electrons. The number of ether oxygens (including phenoxy) is 1. The molecule has 2 aromatic rings. The molecular weight excluding hydrogens is 331 g/mol. The highest BCUT2D eigenvalue weighted by Gasteiger charge is 2.23. The minimum absolute atomic E-state index is 0.202. The molecule has 0 atom stereocenters. The van der Waals surface area contributed by atoms with Gasteiger partial charge in [0.15, 0.2) is 0 Å². The summed E-state index contributed by atoms with van der Waals surface area (Å²) in [6.45, 7) is 5.50. The second-order valence-electron chi connectivity index (χ2n) is 6.77. The summed E-state index contributed by atoms with van der Waals surface area (Å²) in [5.74, 6) is 0.598. The van der Waals surface area contributed by atoms with Crippen molar-refractivity contribution in [1.82, 2.24) is 9.88 Å². The van der Waals surface area contributed by atoms with E-state index >= 15 is 0 Å². The van der Waals surface area contributed by atoms with Gasteiger partial charge in [-0.3, -0.25) is 4.90 Å². The summed E-state index contributed by atoms with van der Waals surface area (Å²) in [5, 5.41) is 9.52. The highest BCUT2D eigenvalue weighted by Crippen LogP contribution is 2.25. The Morgan fingerprint density at radius 3 is 2.65 bits per heavy atom. The number of aromatic nitrogens is 1. The molecule has 5 nitrogen and oxygen atoms in total. The third-order valence-electron chi connectivity index (χ3n) is 5.02. The van der Waals surface area contributed by atoms with Crippen LogP contribution in [0.5, 0.6) is 0 Å². The number of rotatable bonds is 3. The van der Waals surface area contributed by atoms with E-state index in [-0.39, 0.29) is 5.82 Å². The van der Waals surface area contributed by atoms with Gasteiger partial charge in [-0.1, -0.05) is 12.1 Å². The van der Waals surface area contributed by atoms with Gasteiger partial charge in [0.05, 0.1) is 24.5 Å². The Morgan fingerprint density at radius 2 is 1.92 bits per heavy atom. The van der Waals surface area contributed by atoms with Crippen LogP contribution >= 0.6 is 0 Å².